The summed E-state index contributed by atoms with van der Waals surface area (Å²) in [4.78, 5) is -0.410. The van der Waals surface area contributed by atoms with Gasteiger partial charge in [0, 0.05) is 5.69 Å². The molecule has 3 N–H and O–H groups in total. The second-order valence-electron chi connectivity index (χ2n) is 3.71. The van der Waals surface area contributed by atoms with Gasteiger partial charge < -0.3 is 10.5 Å². The van der Waals surface area contributed by atoms with Crippen molar-refractivity contribution in [2.24, 2.45) is 0 Å². The lowest BCUT2D eigenvalue weighted by atomic mass is 10.3. The molecular formula is C12H10ClNO4S. The fourth-order valence-electron chi connectivity index (χ4n) is 1.46. The zero-order valence-corrected chi connectivity index (χ0v) is 11.1. The van der Waals surface area contributed by atoms with Gasteiger partial charge in [0.25, 0.3) is 10.1 Å². The highest BCUT2D eigenvalue weighted by molar-refractivity contribution is 7.86. The predicted octanol–water partition coefficient (Wildman–Crippen LogP) is 2.96. The highest BCUT2D eigenvalue weighted by Gasteiger charge is 2.18. The van der Waals surface area contributed by atoms with Crippen molar-refractivity contribution in [1.82, 2.24) is 0 Å². The first kappa shape index (κ1) is 13.7. The van der Waals surface area contributed by atoms with Crippen molar-refractivity contribution >= 4 is 27.4 Å². The van der Waals surface area contributed by atoms with Crippen LogP contribution in [0.2, 0.25) is 5.02 Å². The van der Waals surface area contributed by atoms with E-state index in [1.54, 1.807) is 24.3 Å². The highest BCUT2D eigenvalue weighted by Crippen LogP contribution is 2.33. The molecule has 2 aromatic carbocycles. The quantitative estimate of drug-likeness (QED) is 0.672. The minimum atomic E-state index is -4.44. The van der Waals surface area contributed by atoms with Crippen molar-refractivity contribution < 1.29 is 17.7 Å². The van der Waals surface area contributed by atoms with Crippen molar-refractivity contribution in [3.63, 3.8) is 0 Å². The maximum absolute atomic E-state index is 11.3. The van der Waals surface area contributed by atoms with Gasteiger partial charge in [-0.1, -0.05) is 23.7 Å². The number of hydrogen-bond acceptors (Lipinski definition) is 4. The zero-order chi connectivity index (χ0) is 14.0. The van der Waals surface area contributed by atoms with Crippen LogP contribution in [0, 0.1) is 0 Å². The Kier molecular flexibility index (Phi) is 3.66. The van der Waals surface area contributed by atoms with E-state index in [1.165, 1.54) is 12.1 Å². The van der Waals surface area contributed by atoms with Gasteiger partial charge in [-0.25, -0.2) is 0 Å². The Morgan fingerprint density at radius 2 is 1.79 bits per heavy atom. The van der Waals surface area contributed by atoms with Crippen LogP contribution < -0.4 is 10.5 Å². The Labute approximate surface area is 115 Å². The molecule has 0 amide bonds. The van der Waals surface area contributed by atoms with Gasteiger partial charge in [-0.2, -0.15) is 8.42 Å². The molecule has 2 rings (SSSR count). The van der Waals surface area contributed by atoms with Crippen LogP contribution in [-0.4, -0.2) is 13.0 Å². The van der Waals surface area contributed by atoms with E-state index in [2.05, 4.69) is 0 Å². The number of hydrogen-bond donors (Lipinski definition) is 2. The lowest BCUT2D eigenvalue weighted by Gasteiger charge is -2.11. The van der Waals surface area contributed by atoms with Crippen LogP contribution in [0.3, 0.4) is 0 Å². The first-order valence-electron chi connectivity index (χ1n) is 5.17. The van der Waals surface area contributed by atoms with E-state index in [1.807, 2.05) is 0 Å². The normalized spacial score (nSPS) is 11.3. The number of rotatable bonds is 3. The third-order valence-corrected chi connectivity index (χ3v) is 3.49. The SMILES string of the molecule is Nc1ccc(Oc2ccccc2Cl)c(S(=O)(=O)O)c1. The summed E-state index contributed by atoms with van der Waals surface area (Å²) in [5.41, 5.74) is 5.68. The average Bonchev–Trinajstić information content (AvgIpc) is 2.33. The minimum Gasteiger partial charge on any atom is -0.454 e. The second kappa shape index (κ2) is 5.08. The van der Waals surface area contributed by atoms with Crippen molar-refractivity contribution in [1.29, 1.82) is 0 Å². The van der Waals surface area contributed by atoms with E-state index in [4.69, 9.17) is 26.6 Å². The van der Waals surface area contributed by atoms with Gasteiger partial charge >= 0.3 is 0 Å². The molecule has 0 aromatic heterocycles. The summed E-state index contributed by atoms with van der Waals surface area (Å²) < 4.78 is 37.1. The molecule has 0 bridgehead atoms. The fourth-order valence-corrected chi connectivity index (χ4v) is 2.28. The Hall–Kier alpha value is -1.76. The lowest BCUT2D eigenvalue weighted by molar-refractivity contribution is 0.450. The molecule has 0 saturated heterocycles. The summed E-state index contributed by atoms with van der Waals surface area (Å²) in [7, 11) is -4.44. The minimum absolute atomic E-state index is 0.0511. The third kappa shape index (κ3) is 3.17. The lowest BCUT2D eigenvalue weighted by Crippen LogP contribution is -2.02. The van der Waals surface area contributed by atoms with Crippen LogP contribution in [-0.2, 0) is 10.1 Å². The molecule has 7 heteroatoms. The molecule has 0 fully saturated rings. The maximum atomic E-state index is 11.3. The molecule has 0 saturated carbocycles. The number of halogens is 1. The van der Waals surface area contributed by atoms with Gasteiger partial charge in [0.1, 0.15) is 16.4 Å². The number of ether oxygens (including phenoxy) is 1. The summed E-state index contributed by atoms with van der Waals surface area (Å²) in [6, 6.07) is 10.5. The summed E-state index contributed by atoms with van der Waals surface area (Å²) in [6.07, 6.45) is 0. The molecule has 0 spiro atoms. The molecule has 2 aromatic rings. The Bertz CT molecular complexity index is 715. The molecule has 19 heavy (non-hydrogen) atoms. The van der Waals surface area contributed by atoms with Crippen molar-refractivity contribution in [3.8, 4) is 11.5 Å². The smallest absolute Gasteiger partial charge is 0.298 e. The van der Waals surface area contributed by atoms with Crippen LogP contribution in [0.4, 0.5) is 5.69 Å². The van der Waals surface area contributed by atoms with Crippen LogP contribution in [0.1, 0.15) is 0 Å². The topological polar surface area (TPSA) is 89.6 Å². The Balaban J connectivity index is 2.50. The zero-order valence-electron chi connectivity index (χ0n) is 9.58. The first-order valence-corrected chi connectivity index (χ1v) is 6.99. The van der Waals surface area contributed by atoms with E-state index >= 15 is 0 Å². The Morgan fingerprint density at radius 3 is 2.42 bits per heavy atom. The predicted molar refractivity (Wildman–Crippen MR) is 72.2 cm³/mol. The number of para-hydroxylation sites is 1. The summed E-state index contributed by atoms with van der Waals surface area (Å²) in [5.74, 6) is 0.226. The average molecular weight is 300 g/mol. The molecule has 100 valence electrons. The standard InChI is InChI=1S/C12H10ClNO4S/c13-9-3-1-2-4-10(9)18-11-6-5-8(14)7-12(11)19(15,16)17/h1-7H,14H2,(H,15,16,17). The maximum Gasteiger partial charge on any atom is 0.298 e. The molecule has 0 radical (unpaired) electrons. The van der Waals surface area contributed by atoms with Gasteiger partial charge in [-0.3, -0.25) is 4.55 Å². The fraction of sp³-hybridized carbons (Fsp3) is 0. The summed E-state index contributed by atoms with van der Waals surface area (Å²) in [6.45, 7) is 0. The van der Waals surface area contributed by atoms with E-state index in [0.29, 0.717) is 5.02 Å². The molecule has 0 heterocycles. The van der Waals surface area contributed by atoms with Crippen LogP contribution in [0.25, 0.3) is 0 Å². The van der Waals surface area contributed by atoms with Gasteiger partial charge in [0.2, 0.25) is 0 Å². The summed E-state index contributed by atoms with van der Waals surface area (Å²) >= 11 is 5.91. The number of nitrogens with two attached hydrogens (primary N) is 1. The van der Waals surface area contributed by atoms with Gasteiger partial charge in [0.05, 0.1) is 5.02 Å². The monoisotopic (exact) mass is 299 g/mol. The van der Waals surface area contributed by atoms with Crippen molar-refractivity contribution in [3.05, 3.63) is 47.5 Å². The van der Waals surface area contributed by atoms with Crippen LogP contribution in [0.15, 0.2) is 47.4 Å². The van der Waals surface area contributed by atoms with Gasteiger partial charge in [-0.15, -0.1) is 0 Å². The Morgan fingerprint density at radius 1 is 1.11 bits per heavy atom. The van der Waals surface area contributed by atoms with E-state index in [-0.39, 0.29) is 17.2 Å². The molecule has 0 atom stereocenters. The molecule has 0 aliphatic rings. The van der Waals surface area contributed by atoms with E-state index < -0.39 is 15.0 Å². The van der Waals surface area contributed by atoms with E-state index in [0.717, 1.165) is 6.07 Å². The van der Waals surface area contributed by atoms with Crippen LogP contribution >= 0.6 is 11.6 Å². The molecule has 0 unspecified atom stereocenters. The molecule has 0 aliphatic heterocycles. The van der Waals surface area contributed by atoms with Crippen molar-refractivity contribution in [2.45, 2.75) is 4.90 Å². The summed E-state index contributed by atoms with van der Waals surface area (Å²) in [5, 5.41) is 0.320. The molecular weight excluding hydrogens is 290 g/mol. The van der Waals surface area contributed by atoms with Gasteiger partial charge in [0.15, 0.2) is 0 Å². The number of anilines is 1. The van der Waals surface area contributed by atoms with Crippen LogP contribution in [0.5, 0.6) is 11.5 Å². The van der Waals surface area contributed by atoms with Crippen molar-refractivity contribution in [2.75, 3.05) is 5.73 Å². The van der Waals surface area contributed by atoms with E-state index in [9.17, 15) is 8.42 Å². The van der Waals surface area contributed by atoms with Gasteiger partial charge in [-0.05, 0) is 30.3 Å². The third-order valence-electron chi connectivity index (χ3n) is 2.30. The highest BCUT2D eigenvalue weighted by atomic mass is 35.5. The number of benzene rings is 2. The first-order chi connectivity index (χ1) is 8.88. The molecule has 0 aliphatic carbocycles. The largest absolute Gasteiger partial charge is 0.454 e. The second-order valence-corrected chi connectivity index (χ2v) is 5.51. The number of nitrogen functional groups attached to an aromatic ring is 1. The molecule has 5 nitrogen and oxygen atoms in total.